The van der Waals surface area contributed by atoms with Gasteiger partial charge in [0.1, 0.15) is 0 Å². The second-order valence-electron chi connectivity index (χ2n) is 3.83. The number of nitrogens with two attached hydrogens (primary N) is 2. The lowest BCUT2D eigenvalue weighted by Gasteiger charge is -2.26. The number of aromatic nitrogens is 4. The van der Waals surface area contributed by atoms with Crippen molar-refractivity contribution in [3.05, 3.63) is 0 Å². The molecule has 2 aromatic rings. The molecule has 0 spiro atoms. The number of hydrogen-bond acceptors (Lipinski definition) is 7. The molecule has 1 saturated heterocycles. The van der Waals surface area contributed by atoms with Gasteiger partial charge in [-0.2, -0.15) is 9.97 Å². The summed E-state index contributed by atoms with van der Waals surface area (Å²) in [7, 11) is 0. The molecule has 1 aliphatic heterocycles. The number of morpholine rings is 1. The Morgan fingerprint density at radius 1 is 1.12 bits per heavy atom. The maximum Gasteiger partial charge on any atom is 0.229 e. The number of H-pyrrole nitrogens is 1. The summed E-state index contributed by atoms with van der Waals surface area (Å²) in [6.07, 6.45) is 0. The van der Waals surface area contributed by atoms with E-state index in [1.807, 2.05) is 4.90 Å². The monoisotopic (exact) mass is 235 g/mol. The number of imidazole rings is 1. The molecule has 0 aromatic carbocycles. The first-order valence-corrected chi connectivity index (χ1v) is 5.35. The van der Waals surface area contributed by atoms with Gasteiger partial charge in [0.05, 0.1) is 13.2 Å². The zero-order valence-corrected chi connectivity index (χ0v) is 9.18. The van der Waals surface area contributed by atoms with Crippen molar-refractivity contribution in [3.63, 3.8) is 0 Å². The predicted molar refractivity (Wildman–Crippen MR) is 63.5 cm³/mol. The molecule has 0 amide bonds. The zero-order chi connectivity index (χ0) is 11.8. The summed E-state index contributed by atoms with van der Waals surface area (Å²) in [5.74, 6) is 1.21. The molecule has 8 heteroatoms. The van der Waals surface area contributed by atoms with Crippen LogP contribution in [0.1, 0.15) is 0 Å². The molecule has 3 heterocycles. The topological polar surface area (TPSA) is 119 Å². The van der Waals surface area contributed by atoms with E-state index in [0.717, 1.165) is 13.1 Å². The Bertz CT molecular complexity index is 546. The van der Waals surface area contributed by atoms with Gasteiger partial charge in [0.2, 0.25) is 5.95 Å². The molecule has 5 N–H and O–H groups in total. The highest BCUT2D eigenvalue weighted by Crippen LogP contribution is 2.20. The first-order chi connectivity index (χ1) is 8.24. The van der Waals surface area contributed by atoms with Crippen LogP contribution in [0.25, 0.3) is 11.2 Å². The molecular weight excluding hydrogens is 222 g/mol. The molecule has 0 saturated carbocycles. The number of aromatic amines is 1. The molecule has 1 aliphatic rings. The van der Waals surface area contributed by atoms with Gasteiger partial charge < -0.3 is 26.1 Å². The predicted octanol–water partition coefficient (Wildman–Crippen LogP) is -0.646. The van der Waals surface area contributed by atoms with E-state index in [9.17, 15) is 0 Å². The quantitative estimate of drug-likeness (QED) is 0.601. The summed E-state index contributed by atoms with van der Waals surface area (Å²) < 4.78 is 5.27. The van der Waals surface area contributed by atoms with Crippen LogP contribution in [0.2, 0.25) is 0 Å². The molecule has 17 heavy (non-hydrogen) atoms. The number of anilines is 3. The van der Waals surface area contributed by atoms with Crippen molar-refractivity contribution < 1.29 is 4.74 Å². The number of nitrogens with zero attached hydrogens (tertiary/aromatic N) is 4. The first kappa shape index (κ1) is 10.1. The molecular formula is C9H13N7O. The SMILES string of the molecule is Nc1nc2c(N)nc(N3CCOCC3)nc2[nH]1. The third kappa shape index (κ3) is 1.72. The lowest BCUT2D eigenvalue weighted by Crippen LogP contribution is -2.37. The van der Waals surface area contributed by atoms with Gasteiger partial charge in [-0.1, -0.05) is 0 Å². The normalized spacial score (nSPS) is 16.6. The van der Waals surface area contributed by atoms with Crippen molar-refractivity contribution in [3.8, 4) is 0 Å². The van der Waals surface area contributed by atoms with E-state index >= 15 is 0 Å². The fourth-order valence-corrected chi connectivity index (χ4v) is 1.83. The van der Waals surface area contributed by atoms with Crippen LogP contribution in [0.15, 0.2) is 0 Å². The lowest BCUT2D eigenvalue weighted by atomic mass is 10.4. The summed E-state index contributed by atoms with van der Waals surface area (Å²) in [6.45, 7) is 2.86. The zero-order valence-electron chi connectivity index (χ0n) is 9.18. The number of hydrogen-bond donors (Lipinski definition) is 3. The molecule has 0 aliphatic carbocycles. The summed E-state index contributed by atoms with van der Waals surface area (Å²) >= 11 is 0. The minimum Gasteiger partial charge on any atom is -0.382 e. The van der Waals surface area contributed by atoms with Gasteiger partial charge in [-0.25, -0.2) is 4.98 Å². The van der Waals surface area contributed by atoms with Crippen molar-refractivity contribution in [1.29, 1.82) is 0 Å². The van der Waals surface area contributed by atoms with E-state index in [1.165, 1.54) is 0 Å². The van der Waals surface area contributed by atoms with Gasteiger partial charge in [-0.15, -0.1) is 0 Å². The number of nitrogen functional groups attached to an aromatic ring is 2. The van der Waals surface area contributed by atoms with Crippen LogP contribution in [0.5, 0.6) is 0 Å². The highest BCUT2D eigenvalue weighted by Gasteiger charge is 2.17. The van der Waals surface area contributed by atoms with E-state index < -0.39 is 0 Å². The van der Waals surface area contributed by atoms with Gasteiger partial charge in [0, 0.05) is 13.1 Å². The van der Waals surface area contributed by atoms with Gasteiger partial charge >= 0.3 is 0 Å². The standard InChI is InChI=1S/C9H13N7O/c10-6-5-7(14-8(11)12-5)15-9(13-6)16-1-3-17-4-2-16/h1-4H2,(H5,10,11,12,13,14,15). The van der Waals surface area contributed by atoms with Crippen LogP contribution in [0.4, 0.5) is 17.7 Å². The van der Waals surface area contributed by atoms with E-state index in [1.54, 1.807) is 0 Å². The van der Waals surface area contributed by atoms with Gasteiger partial charge in [-0.3, -0.25) is 0 Å². The first-order valence-electron chi connectivity index (χ1n) is 5.35. The van der Waals surface area contributed by atoms with Crippen LogP contribution >= 0.6 is 0 Å². The largest absolute Gasteiger partial charge is 0.382 e. The maximum atomic E-state index is 5.83. The van der Waals surface area contributed by atoms with Crippen LogP contribution in [0, 0.1) is 0 Å². The number of ether oxygens (including phenoxy) is 1. The van der Waals surface area contributed by atoms with Crippen molar-refractivity contribution in [2.75, 3.05) is 42.7 Å². The molecule has 1 fully saturated rings. The Hall–Kier alpha value is -2.09. The van der Waals surface area contributed by atoms with E-state index in [0.29, 0.717) is 42.1 Å². The minimum atomic E-state index is 0.292. The molecule has 0 atom stereocenters. The second kappa shape index (κ2) is 3.74. The molecule has 2 aromatic heterocycles. The Balaban J connectivity index is 2.04. The minimum absolute atomic E-state index is 0.292. The summed E-state index contributed by atoms with van der Waals surface area (Å²) in [5, 5.41) is 0. The second-order valence-corrected chi connectivity index (χ2v) is 3.83. The highest BCUT2D eigenvalue weighted by atomic mass is 16.5. The van der Waals surface area contributed by atoms with E-state index in [4.69, 9.17) is 16.2 Å². The molecule has 0 unspecified atom stereocenters. The van der Waals surface area contributed by atoms with Crippen molar-refractivity contribution >= 4 is 28.9 Å². The third-order valence-electron chi connectivity index (χ3n) is 2.67. The number of rotatable bonds is 1. The van der Waals surface area contributed by atoms with Crippen LogP contribution in [-0.4, -0.2) is 46.2 Å². The van der Waals surface area contributed by atoms with E-state index in [-0.39, 0.29) is 0 Å². The Morgan fingerprint density at radius 3 is 2.65 bits per heavy atom. The molecule has 90 valence electrons. The molecule has 8 nitrogen and oxygen atoms in total. The maximum absolute atomic E-state index is 5.83. The fourth-order valence-electron chi connectivity index (χ4n) is 1.83. The van der Waals surface area contributed by atoms with Crippen LogP contribution in [0.3, 0.4) is 0 Å². The van der Waals surface area contributed by atoms with Crippen LogP contribution < -0.4 is 16.4 Å². The Morgan fingerprint density at radius 2 is 1.88 bits per heavy atom. The Labute approximate surface area is 97.0 Å². The molecule has 0 radical (unpaired) electrons. The van der Waals surface area contributed by atoms with Gasteiger partial charge in [-0.05, 0) is 0 Å². The smallest absolute Gasteiger partial charge is 0.229 e. The summed E-state index contributed by atoms with van der Waals surface area (Å²) in [4.78, 5) is 17.5. The molecule has 3 rings (SSSR count). The summed E-state index contributed by atoms with van der Waals surface area (Å²) in [6, 6.07) is 0. The average Bonchev–Trinajstić information content (AvgIpc) is 2.71. The fraction of sp³-hybridized carbons (Fsp3) is 0.444. The number of fused-ring (bicyclic) bond motifs is 1. The summed E-state index contributed by atoms with van der Waals surface area (Å²) in [5.41, 5.74) is 12.5. The third-order valence-corrected chi connectivity index (χ3v) is 2.67. The highest BCUT2D eigenvalue weighted by molar-refractivity contribution is 5.84. The van der Waals surface area contributed by atoms with Crippen molar-refractivity contribution in [1.82, 2.24) is 19.9 Å². The number of nitrogens with one attached hydrogen (secondary N) is 1. The van der Waals surface area contributed by atoms with Crippen molar-refractivity contribution in [2.45, 2.75) is 0 Å². The lowest BCUT2D eigenvalue weighted by molar-refractivity contribution is 0.122. The van der Waals surface area contributed by atoms with Crippen molar-refractivity contribution in [2.24, 2.45) is 0 Å². The molecule has 0 bridgehead atoms. The average molecular weight is 235 g/mol. The van der Waals surface area contributed by atoms with Gasteiger partial charge in [0.25, 0.3) is 0 Å². The Kier molecular flexibility index (Phi) is 2.22. The van der Waals surface area contributed by atoms with Gasteiger partial charge in [0.15, 0.2) is 22.9 Å². The van der Waals surface area contributed by atoms with E-state index in [2.05, 4.69) is 19.9 Å². The van der Waals surface area contributed by atoms with Crippen LogP contribution in [-0.2, 0) is 4.74 Å².